The SMILES string of the molecule is CC1C[C@@]2(C)C(CCC2C2(C)OCCO2)C2C(O)C[C@@H]3CC4(CC[C@]3(C)C12)OCCO4. The first-order valence-electron chi connectivity index (χ1n) is 12.9. The predicted octanol–water partition coefficient (Wildman–Crippen LogP) is 4.37. The third-order valence-corrected chi connectivity index (χ3v) is 11.2. The van der Waals surface area contributed by atoms with Crippen LogP contribution >= 0.6 is 0 Å². The molecule has 2 saturated heterocycles. The third kappa shape index (κ3) is 2.86. The first-order valence-corrected chi connectivity index (χ1v) is 12.9. The first kappa shape index (κ1) is 21.3. The molecule has 176 valence electrons. The molecule has 6 fully saturated rings. The van der Waals surface area contributed by atoms with E-state index in [2.05, 4.69) is 27.7 Å². The van der Waals surface area contributed by atoms with Crippen LogP contribution in [0.5, 0.6) is 0 Å². The van der Waals surface area contributed by atoms with Gasteiger partial charge in [-0.2, -0.15) is 0 Å². The highest BCUT2D eigenvalue weighted by Gasteiger charge is 2.68. The van der Waals surface area contributed by atoms with Crippen LogP contribution in [-0.4, -0.2) is 49.2 Å². The van der Waals surface area contributed by atoms with Gasteiger partial charge in [0.15, 0.2) is 11.6 Å². The Kier molecular flexibility index (Phi) is 4.76. The second-order valence-electron chi connectivity index (χ2n) is 12.6. The van der Waals surface area contributed by atoms with Gasteiger partial charge in [0.25, 0.3) is 0 Å². The molecular weight excluding hydrogens is 392 g/mol. The molecule has 0 amide bonds. The molecule has 5 nitrogen and oxygen atoms in total. The summed E-state index contributed by atoms with van der Waals surface area (Å²) in [6.45, 7) is 12.5. The van der Waals surface area contributed by atoms with Crippen molar-refractivity contribution in [3.8, 4) is 0 Å². The van der Waals surface area contributed by atoms with Gasteiger partial charge in [-0.05, 0) is 79.4 Å². The van der Waals surface area contributed by atoms with E-state index in [1.807, 2.05) is 0 Å². The molecule has 31 heavy (non-hydrogen) atoms. The quantitative estimate of drug-likeness (QED) is 0.664. The maximum Gasteiger partial charge on any atom is 0.169 e. The summed E-state index contributed by atoms with van der Waals surface area (Å²) < 4.78 is 24.6. The summed E-state index contributed by atoms with van der Waals surface area (Å²) in [6, 6.07) is 0. The summed E-state index contributed by atoms with van der Waals surface area (Å²) in [6.07, 6.45) is 7.39. The van der Waals surface area contributed by atoms with E-state index in [1.165, 1.54) is 12.8 Å². The Morgan fingerprint density at radius 2 is 1.48 bits per heavy atom. The average molecular weight is 435 g/mol. The fraction of sp³-hybridized carbons (Fsp3) is 1.00. The van der Waals surface area contributed by atoms with Crippen molar-refractivity contribution in [2.75, 3.05) is 26.4 Å². The van der Waals surface area contributed by atoms with Crippen LogP contribution < -0.4 is 0 Å². The lowest BCUT2D eigenvalue weighted by Crippen LogP contribution is -2.63. The zero-order valence-electron chi connectivity index (χ0n) is 19.9. The normalized spacial score (nSPS) is 55.1. The van der Waals surface area contributed by atoms with Crippen LogP contribution in [0.2, 0.25) is 0 Å². The van der Waals surface area contributed by atoms with Crippen molar-refractivity contribution >= 4 is 0 Å². The van der Waals surface area contributed by atoms with Crippen molar-refractivity contribution in [1.82, 2.24) is 0 Å². The van der Waals surface area contributed by atoms with E-state index < -0.39 is 5.79 Å². The van der Waals surface area contributed by atoms with E-state index >= 15 is 0 Å². The summed E-state index contributed by atoms with van der Waals surface area (Å²) >= 11 is 0. The monoisotopic (exact) mass is 434 g/mol. The van der Waals surface area contributed by atoms with Gasteiger partial charge in [0.1, 0.15) is 0 Å². The van der Waals surface area contributed by atoms with E-state index in [0.717, 1.165) is 45.3 Å². The molecule has 1 spiro atoms. The second-order valence-corrected chi connectivity index (χ2v) is 12.6. The zero-order valence-corrected chi connectivity index (χ0v) is 19.9. The van der Waals surface area contributed by atoms with Crippen LogP contribution in [0.25, 0.3) is 0 Å². The molecule has 6 rings (SSSR count). The van der Waals surface area contributed by atoms with Crippen molar-refractivity contribution in [2.45, 2.75) is 90.3 Å². The van der Waals surface area contributed by atoms with Gasteiger partial charge in [-0.3, -0.25) is 0 Å². The Hall–Kier alpha value is -0.200. The van der Waals surface area contributed by atoms with Gasteiger partial charge in [-0.15, -0.1) is 0 Å². The number of aliphatic hydroxyl groups is 1. The van der Waals surface area contributed by atoms with Crippen molar-refractivity contribution in [3.05, 3.63) is 0 Å². The van der Waals surface area contributed by atoms with Gasteiger partial charge in [0.2, 0.25) is 0 Å². The predicted molar refractivity (Wildman–Crippen MR) is 116 cm³/mol. The molecule has 4 saturated carbocycles. The number of hydrogen-bond donors (Lipinski definition) is 1. The molecule has 0 aromatic rings. The molecule has 1 N–H and O–H groups in total. The maximum atomic E-state index is 11.6. The molecule has 4 aliphatic carbocycles. The Morgan fingerprint density at radius 1 is 0.806 bits per heavy atom. The molecular formula is C26H42O5. The van der Waals surface area contributed by atoms with Crippen molar-refractivity contribution in [1.29, 1.82) is 0 Å². The van der Waals surface area contributed by atoms with Gasteiger partial charge in [0, 0.05) is 18.8 Å². The fourth-order valence-corrected chi connectivity index (χ4v) is 10.2. The van der Waals surface area contributed by atoms with Crippen LogP contribution in [0.4, 0.5) is 0 Å². The Balaban J connectivity index is 1.32. The molecule has 0 radical (unpaired) electrons. The lowest BCUT2D eigenvalue weighted by molar-refractivity contribution is -0.260. The minimum Gasteiger partial charge on any atom is -0.393 e. The molecule has 0 bridgehead atoms. The molecule has 0 aromatic heterocycles. The fourth-order valence-electron chi connectivity index (χ4n) is 10.2. The van der Waals surface area contributed by atoms with Crippen molar-refractivity contribution in [3.63, 3.8) is 0 Å². The van der Waals surface area contributed by atoms with Gasteiger partial charge in [-0.25, -0.2) is 0 Å². The standard InChI is InChI=1S/C26H42O5/c1-16-14-24(3)18(5-6-20(24)25(4)28-9-10-29-25)21-19(27)13-17-15-26(30-11-12-31-26)8-7-23(17,2)22(16)21/h16-22,27H,5-15H2,1-4H3/t16?,17-,18?,19?,20?,21?,22?,23+,24+/m1/s1. The highest BCUT2D eigenvalue weighted by Crippen LogP contribution is 2.71. The largest absolute Gasteiger partial charge is 0.393 e. The number of ether oxygens (including phenoxy) is 4. The van der Waals surface area contributed by atoms with Crippen LogP contribution in [0, 0.1) is 46.3 Å². The Labute approximate surface area is 187 Å². The molecule has 6 unspecified atom stereocenters. The maximum absolute atomic E-state index is 11.6. The topological polar surface area (TPSA) is 57.2 Å². The highest BCUT2D eigenvalue weighted by atomic mass is 16.7. The van der Waals surface area contributed by atoms with Gasteiger partial charge in [0.05, 0.1) is 32.5 Å². The summed E-state index contributed by atoms with van der Waals surface area (Å²) in [7, 11) is 0. The van der Waals surface area contributed by atoms with E-state index in [9.17, 15) is 5.11 Å². The van der Waals surface area contributed by atoms with E-state index in [0.29, 0.717) is 48.7 Å². The van der Waals surface area contributed by atoms with E-state index in [4.69, 9.17) is 18.9 Å². The van der Waals surface area contributed by atoms with Crippen molar-refractivity contribution in [2.24, 2.45) is 46.3 Å². The summed E-state index contributed by atoms with van der Waals surface area (Å²) in [5.41, 5.74) is 0.449. The van der Waals surface area contributed by atoms with Gasteiger partial charge in [-0.1, -0.05) is 20.8 Å². The van der Waals surface area contributed by atoms with Gasteiger partial charge < -0.3 is 24.1 Å². The summed E-state index contributed by atoms with van der Waals surface area (Å²) in [4.78, 5) is 0. The Bertz CT molecular complexity index is 713. The third-order valence-electron chi connectivity index (χ3n) is 11.2. The lowest BCUT2D eigenvalue weighted by Gasteiger charge is -2.65. The summed E-state index contributed by atoms with van der Waals surface area (Å²) in [5, 5.41) is 11.6. The number of rotatable bonds is 1. The van der Waals surface area contributed by atoms with E-state index in [-0.39, 0.29) is 22.7 Å². The smallest absolute Gasteiger partial charge is 0.169 e. The molecule has 2 aliphatic heterocycles. The average Bonchev–Trinajstić information content (AvgIpc) is 3.42. The Morgan fingerprint density at radius 3 is 2.19 bits per heavy atom. The molecule has 2 heterocycles. The minimum atomic E-state index is -0.448. The minimum absolute atomic E-state index is 0.178. The van der Waals surface area contributed by atoms with Gasteiger partial charge >= 0.3 is 0 Å². The van der Waals surface area contributed by atoms with Crippen LogP contribution in [-0.2, 0) is 18.9 Å². The lowest BCUT2D eigenvalue weighted by atomic mass is 9.41. The van der Waals surface area contributed by atoms with Crippen LogP contribution in [0.15, 0.2) is 0 Å². The zero-order chi connectivity index (χ0) is 21.6. The first-order chi connectivity index (χ1) is 14.7. The molecule has 0 aromatic carbocycles. The number of hydrogen-bond acceptors (Lipinski definition) is 5. The molecule has 6 aliphatic rings. The van der Waals surface area contributed by atoms with Crippen molar-refractivity contribution < 1.29 is 24.1 Å². The molecule has 9 atom stereocenters. The van der Waals surface area contributed by atoms with Crippen LogP contribution in [0.3, 0.4) is 0 Å². The number of fused-ring (bicyclic) bond motifs is 5. The molecule has 5 heteroatoms. The number of aliphatic hydroxyl groups excluding tert-OH is 1. The summed E-state index contributed by atoms with van der Waals surface area (Å²) in [5.74, 6) is 2.22. The highest BCUT2D eigenvalue weighted by molar-refractivity contribution is 5.15. The second kappa shape index (κ2) is 6.91. The van der Waals surface area contributed by atoms with E-state index in [1.54, 1.807) is 0 Å². The van der Waals surface area contributed by atoms with Crippen LogP contribution in [0.1, 0.15) is 72.6 Å².